The average molecular weight is 462 g/mol. The van der Waals surface area contributed by atoms with Gasteiger partial charge in [0.1, 0.15) is 12.2 Å². The molecule has 1 atom stereocenters. The SMILES string of the molecule is CC(C)(C)OC(=O)N1CCN(C(=O)C2CCN(C(=O)OCc3ccccc3)CC2)C[C@H]1CO. The summed E-state index contributed by atoms with van der Waals surface area (Å²) >= 11 is 0. The Morgan fingerprint density at radius 1 is 0.970 bits per heavy atom. The van der Waals surface area contributed by atoms with Crippen LogP contribution < -0.4 is 0 Å². The van der Waals surface area contributed by atoms with Crippen LogP contribution in [0.25, 0.3) is 0 Å². The molecule has 3 rings (SSSR count). The largest absolute Gasteiger partial charge is 0.445 e. The van der Waals surface area contributed by atoms with Gasteiger partial charge in [-0.1, -0.05) is 30.3 Å². The summed E-state index contributed by atoms with van der Waals surface area (Å²) in [5.41, 5.74) is 0.306. The fourth-order valence-corrected chi connectivity index (χ4v) is 4.15. The van der Waals surface area contributed by atoms with Crippen molar-refractivity contribution in [3.8, 4) is 0 Å². The first-order chi connectivity index (χ1) is 15.7. The minimum absolute atomic E-state index is 0.00888. The molecular formula is C24H35N3O6. The van der Waals surface area contributed by atoms with Crippen molar-refractivity contribution in [2.75, 3.05) is 39.3 Å². The highest BCUT2D eigenvalue weighted by Gasteiger charge is 2.37. The molecule has 0 spiro atoms. The molecule has 2 aliphatic heterocycles. The van der Waals surface area contributed by atoms with Gasteiger partial charge in [0.2, 0.25) is 5.91 Å². The normalized spacial score (nSPS) is 19.9. The Labute approximate surface area is 195 Å². The zero-order chi connectivity index (χ0) is 24.0. The molecule has 0 aliphatic carbocycles. The molecule has 0 aromatic heterocycles. The number of carbonyl (C=O) groups is 3. The van der Waals surface area contributed by atoms with E-state index in [0.717, 1.165) is 5.56 Å². The zero-order valence-corrected chi connectivity index (χ0v) is 19.7. The van der Waals surface area contributed by atoms with Crippen LogP contribution in [0.1, 0.15) is 39.2 Å². The fraction of sp³-hybridized carbons (Fsp3) is 0.625. The van der Waals surface area contributed by atoms with Crippen molar-refractivity contribution in [2.24, 2.45) is 5.92 Å². The predicted octanol–water partition coefficient (Wildman–Crippen LogP) is 2.48. The Kier molecular flexibility index (Phi) is 8.18. The highest BCUT2D eigenvalue weighted by Crippen LogP contribution is 2.23. The highest BCUT2D eigenvalue weighted by molar-refractivity contribution is 5.80. The number of likely N-dealkylation sites (tertiary alicyclic amines) is 1. The zero-order valence-electron chi connectivity index (χ0n) is 19.7. The van der Waals surface area contributed by atoms with E-state index in [-0.39, 0.29) is 37.7 Å². The number of benzene rings is 1. The Balaban J connectivity index is 1.46. The minimum atomic E-state index is -0.625. The van der Waals surface area contributed by atoms with E-state index in [2.05, 4.69) is 0 Å². The number of rotatable bonds is 4. The summed E-state index contributed by atoms with van der Waals surface area (Å²) in [6, 6.07) is 9.02. The summed E-state index contributed by atoms with van der Waals surface area (Å²) in [6.45, 7) is 7.28. The van der Waals surface area contributed by atoms with Crippen molar-refractivity contribution in [1.82, 2.24) is 14.7 Å². The molecule has 2 aliphatic rings. The number of piperidine rings is 1. The van der Waals surface area contributed by atoms with Gasteiger partial charge in [0.05, 0.1) is 12.6 Å². The summed E-state index contributed by atoms with van der Waals surface area (Å²) < 4.78 is 10.8. The second-order valence-corrected chi connectivity index (χ2v) is 9.60. The standard InChI is InChI=1S/C24H35N3O6/c1-24(2,3)33-23(31)27-14-13-26(15-20(27)16-28)21(29)19-9-11-25(12-10-19)22(30)32-17-18-7-5-4-6-8-18/h4-8,19-20,28H,9-17H2,1-3H3/t20-/m0/s1. The van der Waals surface area contributed by atoms with Crippen LogP contribution in [0.15, 0.2) is 30.3 Å². The number of nitrogens with zero attached hydrogens (tertiary/aromatic N) is 3. The van der Waals surface area contributed by atoms with Crippen LogP contribution in [0.4, 0.5) is 9.59 Å². The van der Waals surface area contributed by atoms with E-state index < -0.39 is 17.7 Å². The molecule has 0 bridgehead atoms. The number of piperazine rings is 1. The molecule has 3 amide bonds. The number of hydrogen-bond acceptors (Lipinski definition) is 6. The van der Waals surface area contributed by atoms with E-state index in [1.165, 1.54) is 4.90 Å². The van der Waals surface area contributed by atoms with Gasteiger partial charge in [0.15, 0.2) is 0 Å². The van der Waals surface area contributed by atoms with Gasteiger partial charge in [0, 0.05) is 38.6 Å². The summed E-state index contributed by atoms with van der Waals surface area (Å²) in [7, 11) is 0. The van der Waals surface area contributed by atoms with E-state index in [1.807, 2.05) is 30.3 Å². The predicted molar refractivity (Wildman–Crippen MR) is 121 cm³/mol. The first-order valence-electron chi connectivity index (χ1n) is 11.5. The molecule has 9 heteroatoms. The lowest BCUT2D eigenvalue weighted by molar-refractivity contribution is -0.140. The lowest BCUT2D eigenvalue weighted by Gasteiger charge is -2.42. The Morgan fingerprint density at radius 3 is 2.24 bits per heavy atom. The monoisotopic (exact) mass is 461 g/mol. The van der Waals surface area contributed by atoms with Crippen molar-refractivity contribution < 1.29 is 29.0 Å². The molecule has 1 aromatic rings. The van der Waals surface area contributed by atoms with Crippen molar-refractivity contribution >= 4 is 18.1 Å². The molecule has 1 aromatic carbocycles. The van der Waals surface area contributed by atoms with Gasteiger partial charge in [-0.25, -0.2) is 9.59 Å². The maximum atomic E-state index is 13.1. The Bertz CT molecular complexity index is 817. The molecule has 9 nitrogen and oxygen atoms in total. The van der Waals surface area contributed by atoms with Gasteiger partial charge in [-0.3, -0.25) is 9.69 Å². The summed E-state index contributed by atoms with van der Waals surface area (Å²) in [5.74, 6) is -0.176. The highest BCUT2D eigenvalue weighted by atomic mass is 16.6. The van der Waals surface area contributed by atoms with Crippen LogP contribution in [0.3, 0.4) is 0 Å². The molecule has 0 saturated carbocycles. The molecule has 1 N–H and O–H groups in total. The number of aliphatic hydroxyl groups is 1. The lowest BCUT2D eigenvalue weighted by atomic mass is 9.95. The van der Waals surface area contributed by atoms with Crippen molar-refractivity contribution in [3.05, 3.63) is 35.9 Å². The van der Waals surface area contributed by atoms with Crippen LogP contribution in [0.5, 0.6) is 0 Å². The average Bonchev–Trinajstić information content (AvgIpc) is 2.81. The van der Waals surface area contributed by atoms with E-state index in [4.69, 9.17) is 9.47 Å². The molecule has 0 unspecified atom stereocenters. The smallest absolute Gasteiger partial charge is 0.410 e. The van der Waals surface area contributed by atoms with Crippen LogP contribution in [0.2, 0.25) is 0 Å². The van der Waals surface area contributed by atoms with Gasteiger partial charge in [-0.05, 0) is 39.2 Å². The number of amides is 3. The maximum Gasteiger partial charge on any atom is 0.410 e. The van der Waals surface area contributed by atoms with Crippen molar-refractivity contribution in [1.29, 1.82) is 0 Å². The number of hydrogen-bond donors (Lipinski definition) is 1. The van der Waals surface area contributed by atoms with E-state index in [1.54, 1.807) is 30.6 Å². The first-order valence-corrected chi connectivity index (χ1v) is 11.5. The van der Waals surface area contributed by atoms with Crippen molar-refractivity contribution in [3.63, 3.8) is 0 Å². The molecule has 182 valence electrons. The second kappa shape index (κ2) is 10.9. The van der Waals surface area contributed by atoms with E-state index in [0.29, 0.717) is 39.0 Å². The Morgan fingerprint density at radius 2 is 1.64 bits per heavy atom. The van der Waals surface area contributed by atoms with Gasteiger partial charge < -0.3 is 24.4 Å². The number of aliphatic hydroxyl groups excluding tert-OH is 1. The van der Waals surface area contributed by atoms with E-state index in [9.17, 15) is 19.5 Å². The van der Waals surface area contributed by atoms with Gasteiger partial charge in [0.25, 0.3) is 0 Å². The van der Waals surface area contributed by atoms with Gasteiger partial charge in [-0.15, -0.1) is 0 Å². The van der Waals surface area contributed by atoms with E-state index >= 15 is 0 Å². The third-order valence-corrected chi connectivity index (χ3v) is 5.94. The number of ether oxygens (including phenoxy) is 2. The second-order valence-electron chi connectivity index (χ2n) is 9.60. The summed E-state index contributed by atoms with van der Waals surface area (Å²) in [6.07, 6.45) is 0.289. The lowest BCUT2D eigenvalue weighted by Crippen LogP contribution is -2.59. The summed E-state index contributed by atoms with van der Waals surface area (Å²) in [4.78, 5) is 42.7. The van der Waals surface area contributed by atoms with Gasteiger partial charge >= 0.3 is 12.2 Å². The van der Waals surface area contributed by atoms with Crippen molar-refractivity contribution in [2.45, 2.75) is 51.9 Å². The third-order valence-electron chi connectivity index (χ3n) is 5.94. The van der Waals surface area contributed by atoms with Crippen LogP contribution in [-0.4, -0.2) is 88.9 Å². The van der Waals surface area contributed by atoms with Gasteiger partial charge in [-0.2, -0.15) is 0 Å². The molecule has 2 fully saturated rings. The topological polar surface area (TPSA) is 99.6 Å². The van der Waals surface area contributed by atoms with Crippen LogP contribution in [-0.2, 0) is 20.9 Å². The maximum absolute atomic E-state index is 13.1. The van der Waals surface area contributed by atoms with Crippen LogP contribution in [0, 0.1) is 5.92 Å². The first kappa shape index (κ1) is 24.8. The fourth-order valence-electron chi connectivity index (χ4n) is 4.15. The molecule has 33 heavy (non-hydrogen) atoms. The quantitative estimate of drug-likeness (QED) is 0.740. The van der Waals surface area contributed by atoms with Crippen LogP contribution >= 0.6 is 0 Å². The number of carbonyl (C=O) groups excluding carboxylic acids is 3. The minimum Gasteiger partial charge on any atom is -0.445 e. The third kappa shape index (κ3) is 6.83. The molecule has 0 radical (unpaired) electrons. The summed E-state index contributed by atoms with van der Waals surface area (Å²) in [5, 5.41) is 9.80. The molecule has 2 heterocycles. The molecular weight excluding hydrogens is 426 g/mol. The Hall–Kier alpha value is -2.81. The molecule has 2 saturated heterocycles.